The van der Waals surface area contributed by atoms with Crippen LogP contribution >= 0.6 is 0 Å². The van der Waals surface area contributed by atoms with Gasteiger partial charge < -0.3 is 10.0 Å². The van der Waals surface area contributed by atoms with E-state index in [1.165, 1.54) is 0 Å². The fourth-order valence-corrected chi connectivity index (χ4v) is 0.877. The van der Waals surface area contributed by atoms with Gasteiger partial charge in [0, 0.05) is 25.9 Å². The maximum absolute atomic E-state index is 10.6. The van der Waals surface area contributed by atoms with E-state index in [9.17, 15) is 4.79 Å². The molecular weight excluding hydrogens is 170 g/mol. The van der Waals surface area contributed by atoms with Crippen molar-refractivity contribution < 1.29 is 9.90 Å². The molecule has 13 heavy (non-hydrogen) atoms. The molecule has 0 aliphatic heterocycles. The second kappa shape index (κ2) is 3.38. The minimum atomic E-state index is -1.10. The predicted molar refractivity (Wildman–Crippen MR) is 48.1 cm³/mol. The SMILES string of the molecule is Cc1cc(N(C)C)nc(C(=O)O)n1. The highest BCUT2D eigenvalue weighted by atomic mass is 16.4. The number of hydrogen-bond donors (Lipinski definition) is 1. The van der Waals surface area contributed by atoms with Gasteiger partial charge in [-0.1, -0.05) is 0 Å². The number of aromatic nitrogens is 2. The summed E-state index contributed by atoms with van der Waals surface area (Å²) in [5, 5.41) is 8.67. The van der Waals surface area contributed by atoms with Crippen molar-refractivity contribution in [3.8, 4) is 0 Å². The number of carboxylic acid groups (broad SMARTS) is 1. The number of aromatic carboxylic acids is 1. The van der Waals surface area contributed by atoms with Gasteiger partial charge in [-0.2, -0.15) is 0 Å². The fraction of sp³-hybridized carbons (Fsp3) is 0.375. The van der Waals surface area contributed by atoms with E-state index >= 15 is 0 Å². The number of carbonyl (C=O) groups is 1. The summed E-state index contributed by atoms with van der Waals surface area (Å²) in [6.45, 7) is 1.74. The Morgan fingerprint density at radius 1 is 1.46 bits per heavy atom. The molecule has 0 aliphatic carbocycles. The first-order valence-corrected chi connectivity index (χ1v) is 3.77. The summed E-state index contributed by atoms with van der Waals surface area (Å²) in [4.78, 5) is 19.9. The second-order valence-electron chi connectivity index (χ2n) is 2.89. The van der Waals surface area contributed by atoms with Gasteiger partial charge in [-0.05, 0) is 6.92 Å². The van der Waals surface area contributed by atoms with Crippen molar-refractivity contribution in [1.82, 2.24) is 9.97 Å². The molecule has 1 aromatic rings. The van der Waals surface area contributed by atoms with Crippen molar-refractivity contribution in [2.24, 2.45) is 0 Å². The Morgan fingerprint density at radius 2 is 2.08 bits per heavy atom. The Morgan fingerprint density at radius 3 is 2.54 bits per heavy atom. The lowest BCUT2D eigenvalue weighted by atomic mass is 10.4. The number of hydrogen-bond acceptors (Lipinski definition) is 4. The molecule has 0 spiro atoms. The summed E-state index contributed by atoms with van der Waals surface area (Å²) in [5.41, 5.74) is 0.649. The summed E-state index contributed by atoms with van der Waals surface area (Å²) in [6, 6.07) is 1.73. The lowest BCUT2D eigenvalue weighted by molar-refractivity contribution is 0.0683. The molecule has 70 valence electrons. The second-order valence-corrected chi connectivity index (χ2v) is 2.89. The molecular formula is C8H11N3O2. The minimum Gasteiger partial charge on any atom is -0.475 e. The van der Waals surface area contributed by atoms with Gasteiger partial charge in [-0.3, -0.25) is 0 Å². The zero-order valence-corrected chi connectivity index (χ0v) is 7.77. The van der Waals surface area contributed by atoms with Crippen LogP contribution in [0.1, 0.15) is 16.3 Å². The van der Waals surface area contributed by atoms with Crippen molar-refractivity contribution >= 4 is 11.8 Å². The van der Waals surface area contributed by atoms with E-state index in [2.05, 4.69) is 9.97 Å². The van der Waals surface area contributed by atoms with Crippen LogP contribution in [0.15, 0.2) is 6.07 Å². The van der Waals surface area contributed by atoms with Gasteiger partial charge in [-0.15, -0.1) is 0 Å². The molecule has 0 atom stereocenters. The molecule has 0 saturated carbocycles. The lowest BCUT2D eigenvalue weighted by Crippen LogP contribution is -2.14. The lowest BCUT2D eigenvalue weighted by Gasteiger charge is -2.11. The molecule has 0 bridgehead atoms. The van der Waals surface area contributed by atoms with Gasteiger partial charge in [0.25, 0.3) is 0 Å². The van der Waals surface area contributed by atoms with Crippen LogP contribution in [0.2, 0.25) is 0 Å². The molecule has 0 fully saturated rings. The molecule has 0 radical (unpaired) electrons. The van der Waals surface area contributed by atoms with Crippen molar-refractivity contribution in [1.29, 1.82) is 0 Å². The van der Waals surface area contributed by atoms with Crippen LogP contribution in [-0.4, -0.2) is 35.1 Å². The van der Waals surface area contributed by atoms with E-state index in [0.717, 1.165) is 0 Å². The average Bonchev–Trinajstić information content (AvgIpc) is 2.03. The van der Waals surface area contributed by atoms with Crippen LogP contribution < -0.4 is 4.90 Å². The zero-order valence-electron chi connectivity index (χ0n) is 7.77. The summed E-state index contributed by atoms with van der Waals surface area (Å²) in [6.07, 6.45) is 0. The average molecular weight is 181 g/mol. The molecule has 1 heterocycles. The van der Waals surface area contributed by atoms with E-state index in [-0.39, 0.29) is 5.82 Å². The zero-order chi connectivity index (χ0) is 10.0. The molecule has 0 aliphatic rings. The van der Waals surface area contributed by atoms with Crippen LogP contribution in [0.3, 0.4) is 0 Å². The number of rotatable bonds is 2. The Hall–Kier alpha value is -1.65. The number of aryl methyl sites for hydroxylation is 1. The smallest absolute Gasteiger partial charge is 0.374 e. The highest BCUT2D eigenvalue weighted by molar-refractivity contribution is 5.83. The fourth-order valence-electron chi connectivity index (χ4n) is 0.877. The van der Waals surface area contributed by atoms with Gasteiger partial charge in [0.1, 0.15) is 5.82 Å². The van der Waals surface area contributed by atoms with Crippen LogP contribution in [0.25, 0.3) is 0 Å². The summed E-state index contributed by atoms with van der Waals surface area (Å²) in [7, 11) is 3.60. The van der Waals surface area contributed by atoms with Crippen molar-refractivity contribution in [2.75, 3.05) is 19.0 Å². The summed E-state index contributed by atoms with van der Waals surface area (Å²) >= 11 is 0. The standard InChI is InChI=1S/C8H11N3O2/c1-5-4-6(11(2)3)10-7(9-5)8(12)13/h4H,1-3H3,(H,12,13). The van der Waals surface area contributed by atoms with Crippen LogP contribution in [0.5, 0.6) is 0 Å². The summed E-state index contributed by atoms with van der Waals surface area (Å²) in [5.74, 6) is -0.666. The topological polar surface area (TPSA) is 66.3 Å². The molecule has 1 N–H and O–H groups in total. The van der Waals surface area contributed by atoms with Crippen molar-refractivity contribution in [2.45, 2.75) is 6.92 Å². The van der Waals surface area contributed by atoms with Crippen molar-refractivity contribution in [3.63, 3.8) is 0 Å². The van der Waals surface area contributed by atoms with E-state index in [4.69, 9.17) is 5.11 Å². The van der Waals surface area contributed by atoms with Gasteiger partial charge >= 0.3 is 5.97 Å². The maximum Gasteiger partial charge on any atom is 0.374 e. The van der Waals surface area contributed by atoms with Crippen molar-refractivity contribution in [3.05, 3.63) is 17.6 Å². The number of nitrogens with zero attached hydrogens (tertiary/aromatic N) is 3. The van der Waals surface area contributed by atoms with E-state index in [1.54, 1.807) is 32.0 Å². The first-order valence-electron chi connectivity index (χ1n) is 3.77. The third kappa shape index (κ3) is 2.14. The molecule has 0 saturated heterocycles. The molecule has 0 unspecified atom stereocenters. The maximum atomic E-state index is 10.6. The normalized spacial score (nSPS) is 9.77. The Balaban J connectivity index is 3.19. The first-order chi connectivity index (χ1) is 6.00. The third-order valence-corrected chi connectivity index (χ3v) is 1.49. The van der Waals surface area contributed by atoms with Gasteiger partial charge in [0.2, 0.25) is 5.82 Å². The van der Waals surface area contributed by atoms with Crippen LogP contribution in [0.4, 0.5) is 5.82 Å². The Labute approximate surface area is 76.0 Å². The molecule has 5 heteroatoms. The van der Waals surface area contributed by atoms with Gasteiger partial charge in [0.15, 0.2) is 0 Å². The monoisotopic (exact) mass is 181 g/mol. The highest BCUT2D eigenvalue weighted by Crippen LogP contribution is 2.08. The molecule has 1 rings (SSSR count). The van der Waals surface area contributed by atoms with E-state index in [1.807, 2.05) is 0 Å². The molecule has 0 amide bonds. The van der Waals surface area contributed by atoms with Gasteiger partial charge in [0.05, 0.1) is 0 Å². The molecule has 0 aromatic carbocycles. The quantitative estimate of drug-likeness (QED) is 0.721. The van der Waals surface area contributed by atoms with Gasteiger partial charge in [-0.25, -0.2) is 14.8 Å². The third-order valence-electron chi connectivity index (χ3n) is 1.49. The summed E-state index contributed by atoms with van der Waals surface area (Å²) < 4.78 is 0. The van der Waals surface area contributed by atoms with Crippen LogP contribution in [-0.2, 0) is 0 Å². The first kappa shape index (κ1) is 9.44. The Bertz CT molecular complexity index is 336. The highest BCUT2D eigenvalue weighted by Gasteiger charge is 2.09. The minimum absolute atomic E-state index is 0.163. The number of carboxylic acids is 1. The predicted octanol–water partition coefficient (Wildman–Crippen LogP) is 0.549. The molecule has 1 aromatic heterocycles. The Kier molecular flexibility index (Phi) is 2.46. The van der Waals surface area contributed by atoms with E-state index in [0.29, 0.717) is 11.5 Å². The van der Waals surface area contributed by atoms with Crippen LogP contribution in [0, 0.1) is 6.92 Å². The number of anilines is 1. The molecule has 5 nitrogen and oxygen atoms in total. The largest absolute Gasteiger partial charge is 0.475 e. The van der Waals surface area contributed by atoms with E-state index < -0.39 is 5.97 Å².